The summed E-state index contributed by atoms with van der Waals surface area (Å²) in [6.07, 6.45) is 3.08. The molecule has 0 saturated carbocycles. The average molecular weight is 327 g/mol. The fourth-order valence-corrected chi connectivity index (χ4v) is 2.59. The number of rotatable bonds is 7. The quantitative estimate of drug-likeness (QED) is 0.595. The van der Waals surface area contributed by atoms with Crippen LogP contribution in [0.4, 0.5) is 0 Å². The van der Waals surface area contributed by atoms with Crippen molar-refractivity contribution in [2.24, 2.45) is 0 Å². The molecular formula is C19H21NO4. The van der Waals surface area contributed by atoms with Crippen LogP contribution in [0.1, 0.15) is 25.9 Å². The van der Waals surface area contributed by atoms with Crippen LogP contribution in [-0.4, -0.2) is 25.3 Å². The van der Waals surface area contributed by atoms with E-state index in [-0.39, 0.29) is 0 Å². The number of benzene rings is 1. The Hall–Kier alpha value is -2.37. The molecule has 2 aromatic heterocycles. The fraction of sp³-hybridized carbons (Fsp3) is 0.316. The fourth-order valence-electron chi connectivity index (χ4n) is 2.59. The van der Waals surface area contributed by atoms with Gasteiger partial charge in [0, 0.05) is 36.6 Å². The molecule has 0 bridgehead atoms. The van der Waals surface area contributed by atoms with Gasteiger partial charge in [-0.1, -0.05) is 12.1 Å². The largest absolute Gasteiger partial charge is 0.497 e. The lowest BCUT2D eigenvalue weighted by Crippen LogP contribution is -2.07. The van der Waals surface area contributed by atoms with Gasteiger partial charge >= 0.3 is 0 Å². The van der Waals surface area contributed by atoms with Gasteiger partial charge < -0.3 is 18.6 Å². The number of hydrogen-bond donors (Lipinski definition) is 0. The van der Waals surface area contributed by atoms with Crippen LogP contribution in [0.25, 0.3) is 22.1 Å². The van der Waals surface area contributed by atoms with Crippen LogP contribution in [-0.2, 0) is 9.47 Å². The number of nitrogens with zero attached hydrogens (tertiary/aromatic N) is 1. The van der Waals surface area contributed by atoms with E-state index in [2.05, 4.69) is 4.98 Å². The van der Waals surface area contributed by atoms with Gasteiger partial charge in [-0.2, -0.15) is 0 Å². The number of hydrogen-bond acceptors (Lipinski definition) is 5. The standard InChI is InChI=1S/C19H21NO4/c1-4-22-19(23-5-2)17-10-14-11-20-12-16(18(14)24-17)13-6-8-15(21-3)9-7-13/h6-12,19H,4-5H2,1-3H3. The Kier molecular flexibility index (Phi) is 5.13. The third-order valence-corrected chi connectivity index (χ3v) is 3.71. The van der Waals surface area contributed by atoms with Crippen LogP contribution in [0.15, 0.2) is 47.1 Å². The van der Waals surface area contributed by atoms with Crippen molar-refractivity contribution in [3.63, 3.8) is 0 Å². The maximum atomic E-state index is 6.06. The molecule has 5 nitrogen and oxygen atoms in total. The van der Waals surface area contributed by atoms with E-state index in [1.54, 1.807) is 19.5 Å². The summed E-state index contributed by atoms with van der Waals surface area (Å²) in [7, 11) is 1.65. The summed E-state index contributed by atoms with van der Waals surface area (Å²) in [5.74, 6) is 1.46. The Bertz CT molecular complexity index is 789. The van der Waals surface area contributed by atoms with Crippen molar-refractivity contribution in [2.75, 3.05) is 20.3 Å². The lowest BCUT2D eigenvalue weighted by Gasteiger charge is -2.13. The van der Waals surface area contributed by atoms with Gasteiger partial charge in [0.25, 0.3) is 0 Å². The lowest BCUT2D eigenvalue weighted by atomic mass is 10.1. The highest BCUT2D eigenvalue weighted by Crippen LogP contribution is 2.33. The molecule has 0 spiro atoms. The molecule has 0 amide bonds. The van der Waals surface area contributed by atoms with Gasteiger partial charge in [-0.15, -0.1) is 0 Å². The molecule has 1 aromatic carbocycles. The van der Waals surface area contributed by atoms with Crippen molar-refractivity contribution in [3.8, 4) is 16.9 Å². The molecule has 3 rings (SSSR count). The van der Waals surface area contributed by atoms with Crippen LogP contribution in [0, 0.1) is 0 Å². The average Bonchev–Trinajstić information content (AvgIpc) is 3.06. The van der Waals surface area contributed by atoms with Gasteiger partial charge in [-0.25, -0.2) is 0 Å². The summed E-state index contributed by atoms with van der Waals surface area (Å²) in [5.41, 5.74) is 2.71. The number of furan rings is 1. The Labute approximate surface area is 141 Å². The van der Waals surface area contributed by atoms with E-state index < -0.39 is 6.29 Å². The summed E-state index contributed by atoms with van der Waals surface area (Å²) in [5, 5.41) is 0.919. The highest BCUT2D eigenvalue weighted by Gasteiger charge is 2.19. The van der Waals surface area contributed by atoms with Gasteiger partial charge in [-0.05, 0) is 37.6 Å². The smallest absolute Gasteiger partial charge is 0.217 e. The lowest BCUT2D eigenvalue weighted by molar-refractivity contribution is -0.150. The summed E-state index contributed by atoms with van der Waals surface area (Å²) < 4.78 is 22.5. The van der Waals surface area contributed by atoms with Crippen molar-refractivity contribution in [2.45, 2.75) is 20.1 Å². The minimum Gasteiger partial charge on any atom is -0.497 e. The topological polar surface area (TPSA) is 53.7 Å². The van der Waals surface area contributed by atoms with E-state index in [0.717, 1.165) is 27.8 Å². The van der Waals surface area contributed by atoms with E-state index >= 15 is 0 Å². The van der Waals surface area contributed by atoms with Crippen molar-refractivity contribution in [1.82, 2.24) is 4.98 Å². The molecule has 0 aliphatic heterocycles. The first-order valence-electron chi connectivity index (χ1n) is 8.01. The Morgan fingerprint density at radius 2 is 1.75 bits per heavy atom. The molecule has 126 valence electrons. The molecule has 0 aliphatic rings. The first kappa shape index (κ1) is 16.5. The number of fused-ring (bicyclic) bond motifs is 1. The second-order valence-corrected chi connectivity index (χ2v) is 5.23. The van der Waals surface area contributed by atoms with Crippen molar-refractivity contribution in [1.29, 1.82) is 0 Å². The van der Waals surface area contributed by atoms with Gasteiger partial charge in [0.05, 0.1) is 7.11 Å². The molecule has 0 N–H and O–H groups in total. The van der Waals surface area contributed by atoms with Crippen molar-refractivity contribution < 1.29 is 18.6 Å². The minimum atomic E-state index is -0.504. The first-order chi connectivity index (χ1) is 11.8. The van der Waals surface area contributed by atoms with Gasteiger partial charge in [-0.3, -0.25) is 4.98 Å². The summed E-state index contributed by atoms with van der Waals surface area (Å²) in [6, 6.07) is 9.73. The van der Waals surface area contributed by atoms with Crippen molar-refractivity contribution >= 4 is 11.0 Å². The maximum absolute atomic E-state index is 6.06. The number of aromatic nitrogens is 1. The third kappa shape index (κ3) is 3.27. The summed E-state index contributed by atoms with van der Waals surface area (Å²) >= 11 is 0. The van der Waals surface area contributed by atoms with Crippen LogP contribution in [0.2, 0.25) is 0 Å². The summed E-state index contributed by atoms with van der Waals surface area (Å²) in [6.45, 7) is 4.95. The zero-order valence-corrected chi connectivity index (χ0v) is 14.1. The molecule has 0 unspecified atom stereocenters. The van der Waals surface area contributed by atoms with Crippen molar-refractivity contribution in [3.05, 3.63) is 48.5 Å². The molecule has 24 heavy (non-hydrogen) atoms. The van der Waals surface area contributed by atoms with E-state index in [1.165, 1.54) is 0 Å². The first-order valence-corrected chi connectivity index (χ1v) is 8.01. The number of pyridine rings is 1. The Balaban J connectivity index is 2.03. The molecule has 0 atom stereocenters. The minimum absolute atomic E-state index is 0.504. The number of ether oxygens (including phenoxy) is 3. The van der Waals surface area contributed by atoms with Crippen LogP contribution >= 0.6 is 0 Å². The van der Waals surface area contributed by atoms with Crippen LogP contribution < -0.4 is 4.74 Å². The van der Waals surface area contributed by atoms with E-state index in [1.807, 2.05) is 44.2 Å². The van der Waals surface area contributed by atoms with Crippen LogP contribution in [0.5, 0.6) is 5.75 Å². The highest BCUT2D eigenvalue weighted by molar-refractivity contribution is 5.91. The zero-order chi connectivity index (χ0) is 16.9. The summed E-state index contributed by atoms with van der Waals surface area (Å²) in [4.78, 5) is 4.32. The van der Waals surface area contributed by atoms with Gasteiger partial charge in [0.1, 0.15) is 11.3 Å². The molecule has 0 aliphatic carbocycles. The molecule has 3 aromatic rings. The van der Waals surface area contributed by atoms with E-state index in [4.69, 9.17) is 18.6 Å². The SMILES string of the molecule is CCOC(OCC)c1cc2cncc(-c3ccc(OC)cc3)c2o1. The maximum Gasteiger partial charge on any atom is 0.217 e. The third-order valence-electron chi connectivity index (χ3n) is 3.71. The molecule has 0 fully saturated rings. The van der Waals surface area contributed by atoms with Crippen LogP contribution in [0.3, 0.4) is 0 Å². The highest BCUT2D eigenvalue weighted by atomic mass is 16.7. The van der Waals surface area contributed by atoms with Gasteiger partial charge in [0.15, 0.2) is 5.76 Å². The van der Waals surface area contributed by atoms with E-state index in [0.29, 0.717) is 19.0 Å². The number of methoxy groups -OCH3 is 1. The zero-order valence-electron chi connectivity index (χ0n) is 14.1. The molecule has 5 heteroatoms. The predicted molar refractivity (Wildman–Crippen MR) is 92.0 cm³/mol. The molecule has 0 saturated heterocycles. The second kappa shape index (κ2) is 7.47. The monoisotopic (exact) mass is 327 g/mol. The Morgan fingerprint density at radius 1 is 1.04 bits per heavy atom. The Morgan fingerprint density at radius 3 is 2.38 bits per heavy atom. The molecule has 0 radical (unpaired) electrons. The predicted octanol–water partition coefficient (Wildman–Crippen LogP) is 4.58. The van der Waals surface area contributed by atoms with Gasteiger partial charge in [0.2, 0.25) is 6.29 Å². The molecular weight excluding hydrogens is 306 g/mol. The molecule has 2 heterocycles. The normalized spacial score (nSPS) is 11.3. The van der Waals surface area contributed by atoms with E-state index in [9.17, 15) is 0 Å². The second-order valence-electron chi connectivity index (χ2n) is 5.23.